The summed E-state index contributed by atoms with van der Waals surface area (Å²) in [6, 6.07) is 0. The average Bonchev–Trinajstić information content (AvgIpc) is 3.14. The zero-order chi connectivity index (χ0) is 14.8. The SMILES string of the molecule is CCC1CC(C(=O)O)C(c2nc(C3CCCCS3)no2)C1. The zero-order valence-electron chi connectivity index (χ0n) is 12.3. The second-order valence-electron chi connectivity index (χ2n) is 6.14. The molecule has 0 amide bonds. The first-order chi connectivity index (χ1) is 10.2. The molecule has 4 atom stereocenters. The number of hydrogen-bond donors (Lipinski definition) is 1. The maximum atomic E-state index is 11.5. The highest BCUT2D eigenvalue weighted by Gasteiger charge is 2.42. The fourth-order valence-electron chi connectivity index (χ4n) is 3.50. The first-order valence-electron chi connectivity index (χ1n) is 7.87. The molecule has 116 valence electrons. The second-order valence-corrected chi connectivity index (χ2v) is 7.45. The normalized spacial score (nSPS) is 33.2. The van der Waals surface area contributed by atoms with E-state index in [4.69, 9.17) is 4.52 Å². The molecular weight excluding hydrogens is 288 g/mol. The smallest absolute Gasteiger partial charge is 0.307 e. The summed E-state index contributed by atoms with van der Waals surface area (Å²) in [5, 5.41) is 13.9. The monoisotopic (exact) mass is 310 g/mol. The Morgan fingerprint density at radius 1 is 1.43 bits per heavy atom. The predicted octanol–water partition coefficient (Wildman–Crippen LogP) is 3.63. The molecule has 1 aromatic rings. The van der Waals surface area contributed by atoms with Crippen molar-refractivity contribution in [3.05, 3.63) is 11.7 Å². The van der Waals surface area contributed by atoms with E-state index in [1.165, 1.54) is 12.8 Å². The Bertz CT molecular complexity index is 499. The maximum Gasteiger partial charge on any atom is 0.307 e. The van der Waals surface area contributed by atoms with Crippen molar-refractivity contribution in [3.63, 3.8) is 0 Å². The number of carboxylic acid groups (broad SMARTS) is 1. The lowest BCUT2D eigenvalue weighted by Crippen LogP contribution is -2.17. The lowest BCUT2D eigenvalue weighted by molar-refractivity contribution is -0.142. The third-order valence-electron chi connectivity index (χ3n) is 4.80. The molecule has 2 aliphatic rings. The molecule has 0 spiro atoms. The largest absolute Gasteiger partial charge is 0.481 e. The summed E-state index contributed by atoms with van der Waals surface area (Å²) in [5.41, 5.74) is 0. The van der Waals surface area contributed by atoms with Crippen LogP contribution in [0.2, 0.25) is 0 Å². The molecule has 1 saturated heterocycles. The fourth-order valence-corrected chi connectivity index (χ4v) is 4.73. The van der Waals surface area contributed by atoms with Crippen LogP contribution in [-0.2, 0) is 4.79 Å². The van der Waals surface area contributed by atoms with Gasteiger partial charge in [0.15, 0.2) is 5.82 Å². The Morgan fingerprint density at radius 2 is 2.29 bits per heavy atom. The molecule has 6 heteroatoms. The summed E-state index contributed by atoms with van der Waals surface area (Å²) in [6.07, 6.45) is 6.15. The van der Waals surface area contributed by atoms with Gasteiger partial charge in [-0.15, -0.1) is 0 Å². The molecule has 5 nitrogen and oxygen atoms in total. The van der Waals surface area contributed by atoms with Crippen LogP contribution in [-0.4, -0.2) is 27.0 Å². The quantitative estimate of drug-likeness (QED) is 0.915. The van der Waals surface area contributed by atoms with E-state index in [1.807, 2.05) is 11.8 Å². The summed E-state index contributed by atoms with van der Waals surface area (Å²) in [4.78, 5) is 16.0. The lowest BCUT2D eigenvalue weighted by Gasteiger charge is -2.17. The number of thioether (sulfide) groups is 1. The molecule has 0 radical (unpaired) electrons. The third-order valence-corrected chi connectivity index (χ3v) is 6.17. The zero-order valence-corrected chi connectivity index (χ0v) is 13.1. The van der Waals surface area contributed by atoms with E-state index in [-0.39, 0.29) is 11.8 Å². The summed E-state index contributed by atoms with van der Waals surface area (Å²) in [6.45, 7) is 2.11. The van der Waals surface area contributed by atoms with E-state index in [2.05, 4.69) is 17.1 Å². The van der Waals surface area contributed by atoms with E-state index in [9.17, 15) is 9.90 Å². The number of carbonyl (C=O) groups is 1. The van der Waals surface area contributed by atoms with Gasteiger partial charge in [-0.1, -0.05) is 24.9 Å². The van der Waals surface area contributed by atoms with Gasteiger partial charge >= 0.3 is 5.97 Å². The number of nitrogens with zero attached hydrogens (tertiary/aromatic N) is 2. The van der Waals surface area contributed by atoms with Gasteiger partial charge in [-0.3, -0.25) is 4.79 Å². The van der Waals surface area contributed by atoms with Crippen molar-refractivity contribution in [1.82, 2.24) is 10.1 Å². The standard InChI is InChI=1S/C15H22N2O3S/c1-2-9-7-10(11(8-9)15(18)19)14-16-13(17-20-14)12-5-3-4-6-21-12/h9-12H,2-8H2,1H3,(H,18,19). The molecule has 2 heterocycles. The number of aliphatic carboxylic acids is 1. The van der Waals surface area contributed by atoms with Crippen molar-refractivity contribution >= 4 is 17.7 Å². The van der Waals surface area contributed by atoms with Gasteiger partial charge in [0.05, 0.1) is 17.1 Å². The molecule has 0 bridgehead atoms. The van der Waals surface area contributed by atoms with Gasteiger partial charge in [0, 0.05) is 0 Å². The number of hydrogen-bond acceptors (Lipinski definition) is 5. The Kier molecular flexibility index (Phi) is 4.52. The van der Waals surface area contributed by atoms with Crippen molar-refractivity contribution in [2.75, 3.05) is 5.75 Å². The Morgan fingerprint density at radius 3 is 2.95 bits per heavy atom. The highest BCUT2D eigenvalue weighted by Crippen LogP contribution is 2.45. The van der Waals surface area contributed by atoms with E-state index in [0.29, 0.717) is 17.1 Å². The van der Waals surface area contributed by atoms with Crippen LogP contribution in [0.4, 0.5) is 0 Å². The van der Waals surface area contributed by atoms with Crippen molar-refractivity contribution in [2.24, 2.45) is 11.8 Å². The van der Waals surface area contributed by atoms with E-state index < -0.39 is 5.97 Å². The van der Waals surface area contributed by atoms with Crippen molar-refractivity contribution in [1.29, 1.82) is 0 Å². The minimum absolute atomic E-state index is 0.109. The van der Waals surface area contributed by atoms with Crippen LogP contribution in [0.25, 0.3) is 0 Å². The van der Waals surface area contributed by atoms with Crippen molar-refractivity contribution < 1.29 is 14.4 Å². The Balaban J connectivity index is 1.76. The molecule has 4 unspecified atom stereocenters. The third kappa shape index (κ3) is 3.10. The number of aromatic nitrogens is 2. The number of rotatable bonds is 4. The summed E-state index contributed by atoms with van der Waals surface area (Å²) < 4.78 is 5.44. The maximum absolute atomic E-state index is 11.5. The van der Waals surface area contributed by atoms with Crippen molar-refractivity contribution in [3.8, 4) is 0 Å². The molecule has 1 aliphatic carbocycles. The van der Waals surface area contributed by atoms with Crippen LogP contribution in [0.5, 0.6) is 0 Å². The van der Waals surface area contributed by atoms with Gasteiger partial charge in [0.1, 0.15) is 0 Å². The Hall–Kier alpha value is -1.04. The molecule has 3 rings (SSSR count). The van der Waals surface area contributed by atoms with Crippen LogP contribution >= 0.6 is 11.8 Å². The molecule has 1 aliphatic heterocycles. The minimum atomic E-state index is -0.734. The van der Waals surface area contributed by atoms with Crippen LogP contribution in [0.15, 0.2) is 4.52 Å². The predicted molar refractivity (Wildman–Crippen MR) is 80.2 cm³/mol. The minimum Gasteiger partial charge on any atom is -0.481 e. The molecule has 1 saturated carbocycles. The van der Waals surface area contributed by atoms with Gasteiger partial charge in [-0.2, -0.15) is 16.7 Å². The van der Waals surface area contributed by atoms with Crippen molar-refractivity contribution in [2.45, 2.75) is 56.6 Å². The van der Waals surface area contributed by atoms with Gasteiger partial charge in [-0.05, 0) is 37.4 Å². The first-order valence-corrected chi connectivity index (χ1v) is 8.91. The highest BCUT2D eigenvalue weighted by molar-refractivity contribution is 7.99. The first kappa shape index (κ1) is 14.9. The Labute approximate surface area is 128 Å². The second kappa shape index (κ2) is 6.38. The van der Waals surface area contributed by atoms with Crippen LogP contribution in [0.1, 0.15) is 68.3 Å². The van der Waals surface area contributed by atoms with Gasteiger partial charge in [0.2, 0.25) is 5.89 Å². The molecular formula is C15H22N2O3S. The van der Waals surface area contributed by atoms with E-state index in [0.717, 1.165) is 37.3 Å². The van der Waals surface area contributed by atoms with E-state index in [1.54, 1.807) is 0 Å². The summed E-state index contributed by atoms with van der Waals surface area (Å²) in [5.74, 6) is 1.69. The summed E-state index contributed by atoms with van der Waals surface area (Å²) >= 11 is 1.88. The molecule has 2 fully saturated rings. The topological polar surface area (TPSA) is 76.2 Å². The number of carboxylic acids is 1. The fraction of sp³-hybridized carbons (Fsp3) is 0.800. The lowest BCUT2D eigenvalue weighted by atomic mass is 9.96. The van der Waals surface area contributed by atoms with Gasteiger partial charge in [0.25, 0.3) is 0 Å². The molecule has 0 aromatic carbocycles. The molecule has 21 heavy (non-hydrogen) atoms. The van der Waals surface area contributed by atoms with Crippen LogP contribution < -0.4 is 0 Å². The van der Waals surface area contributed by atoms with Gasteiger partial charge < -0.3 is 9.63 Å². The average molecular weight is 310 g/mol. The van der Waals surface area contributed by atoms with E-state index >= 15 is 0 Å². The van der Waals surface area contributed by atoms with Crippen LogP contribution in [0.3, 0.4) is 0 Å². The van der Waals surface area contributed by atoms with Gasteiger partial charge in [-0.25, -0.2) is 0 Å². The summed E-state index contributed by atoms with van der Waals surface area (Å²) in [7, 11) is 0. The van der Waals surface area contributed by atoms with Crippen LogP contribution in [0, 0.1) is 11.8 Å². The highest BCUT2D eigenvalue weighted by atomic mass is 32.2. The molecule has 1 aromatic heterocycles. The molecule has 1 N–H and O–H groups in total.